The van der Waals surface area contributed by atoms with Gasteiger partial charge in [0.25, 0.3) is 10.0 Å². The van der Waals surface area contributed by atoms with Crippen molar-refractivity contribution in [2.45, 2.75) is 43.9 Å². The number of aryl methyl sites for hydroxylation is 1. The second kappa shape index (κ2) is 9.73. The minimum Gasteiger partial charge on any atom is -0.492 e. The smallest absolute Gasteiger partial charge is 0.341 e. The summed E-state index contributed by atoms with van der Waals surface area (Å²) >= 11 is 0. The Morgan fingerprint density at radius 3 is 2.61 bits per heavy atom. The fourth-order valence-electron chi connectivity index (χ4n) is 4.43. The van der Waals surface area contributed by atoms with Crippen LogP contribution < -0.4 is 9.04 Å². The van der Waals surface area contributed by atoms with Gasteiger partial charge in [0, 0.05) is 25.7 Å². The number of anilines is 1. The van der Waals surface area contributed by atoms with Gasteiger partial charge in [0.2, 0.25) is 0 Å². The molecule has 4 rings (SSSR count). The molecule has 1 saturated heterocycles. The summed E-state index contributed by atoms with van der Waals surface area (Å²) < 4.78 is 44.8. The molecule has 0 amide bonds. The van der Waals surface area contributed by atoms with Crippen molar-refractivity contribution in [2.24, 2.45) is 5.92 Å². The SMILES string of the molecule is CCc1ccc2c(c1)C(C)CN2S(=O)(=O)c1ccc(OCC2CCOCC2)c(C(=O)OC)c1. The van der Waals surface area contributed by atoms with Gasteiger partial charge < -0.3 is 14.2 Å². The van der Waals surface area contributed by atoms with Gasteiger partial charge >= 0.3 is 5.97 Å². The molecule has 2 aliphatic heterocycles. The Morgan fingerprint density at radius 2 is 1.91 bits per heavy atom. The van der Waals surface area contributed by atoms with Gasteiger partial charge in [-0.15, -0.1) is 0 Å². The fourth-order valence-corrected chi connectivity index (χ4v) is 6.04. The maximum Gasteiger partial charge on any atom is 0.341 e. The van der Waals surface area contributed by atoms with E-state index >= 15 is 0 Å². The van der Waals surface area contributed by atoms with E-state index in [0.29, 0.717) is 43.7 Å². The maximum atomic E-state index is 13.6. The second-order valence-electron chi connectivity index (χ2n) is 8.70. The molecule has 1 fully saturated rings. The number of hydrogen-bond donors (Lipinski definition) is 0. The zero-order valence-corrected chi connectivity index (χ0v) is 20.2. The Hall–Kier alpha value is -2.58. The van der Waals surface area contributed by atoms with E-state index in [9.17, 15) is 13.2 Å². The molecule has 0 radical (unpaired) electrons. The van der Waals surface area contributed by atoms with E-state index in [1.165, 1.54) is 29.1 Å². The number of sulfonamides is 1. The number of benzene rings is 2. The first-order valence-corrected chi connectivity index (χ1v) is 12.9. The molecule has 178 valence electrons. The largest absolute Gasteiger partial charge is 0.492 e. The Kier molecular flexibility index (Phi) is 6.95. The maximum absolute atomic E-state index is 13.6. The topological polar surface area (TPSA) is 82.1 Å². The summed E-state index contributed by atoms with van der Waals surface area (Å²) in [7, 11) is -2.59. The lowest BCUT2D eigenvalue weighted by Gasteiger charge is -2.23. The van der Waals surface area contributed by atoms with Crippen LogP contribution in [0.4, 0.5) is 5.69 Å². The zero-order valence-electron chi connectivity index (χ0n) is 19.4. The van der Waals surface area contributed by atoms with E-state index in [1.807, 2.05) is 19.1 Å². The summed E-state index contributed by atoms with van der Waals surface area (Å²) in [6, 6.07) is 10.4. The molecule has 2 heterocycles. The molecular weight excluding hydrogens is 442 g/mol. The third kappa shape index (κ3) is 4.73. The van der Waals surface area contributed by atoms with Gasteiger partial charge in [-0.2, -0.15) is 0 Å². The molecule has 33 heavy (non-hydrogen) atoms. The molecular formula is C25H31NO6S. The molecule has 0 aromatic heterocycles. The highest BCUT2D eigenvalue weighted by Gasteiger charge is 2.35. The number of carbonyl (C=O) groups is 1. The lowest BCUT2D eigenvalue weighted by atomic mass is 10.0. The third-order valence-corrected chi connectivity index (χ3v) is 8.27. The molecule has 1 unspecified atom stereocenters. The average Bonchev–Trinajstić information content (AvgIpc) is 3.19. The van der Waals surface area contributed by atoms with Crippen LogP contribution in [0.25, 0.3) is 0 Å². The molecule has 7 nitrogen and oxygen atoms in total. The summed E-state index contributed by atoms with van der Waals surface area (Å²) in [5, 5.41) is 0. The van der Waals surface area contributed by atoms with Gasteiger partial charge in [-0.05, 0) is 60.6 Å². The van der Waals surface area contributed by atoms with Crippen molar-refractivity contribution in [1.29, 1.82) is 0 Å². The predicted molar refractivity (Wildman–Crippen MR) is 126 cm³/mol. The van der Waals surface area contributed by atoms with Crippen molar-refractivity contribution in [3.63, 3.8) is 0 Å². The quantitative estimate of drug-likeness (QED) is 0.562. The molecule has 0 N–H and O–H groups in total. The van der Waals surface area contributed by atoms with Crippen LogP contribution in [0, 0.1) is 5.92 Å². The summed E-state index contributed by atoms with van der Waals surface area (Å²) in [5.74, 6) is 0.124. The van der Waals surface area contributed by atoms with Crippen LogP contribution in [0.3, 0.4) is 0 Å². The van der Waals surface area contributed by atoms with Gasteiger partial charge in [-0.25, -0.2) is 13.2 Å². The number of ether oxygens (including phenoxy) is 3. The first-order valence-electron chi connectivity index (χ1n) is 11.4. The molecule has 2 aromatic carbocycles. The number of carbonyl (C=O) groups excluding carboxylic acids is 1. The highest BCUT2D eigenvalue weighted by atomic mass is 32.2. The van der Waals surface area contributed by atoms with Crippen LogP contribution in [-0.2, 0) is 25.9 Å². The minimum atomic E-state index is -3.87. The van der Waals surface area contributed by atoms with Crippen molar-refractivity contribution < 1.29 is 27.4 Å². The van der Waals surface area contributed by atoms with Gasteiger partial charge in [-0.1, -0.05) is 26.0 Å². The molecule has 0 aliphatic carbocycles. The van der Waals surface area contributed by atoms with Gasteiger partial charge in [0.05, 0.1) is 24.3 Å². The van der Waals surface area contributed by atoms with Crippen LogP contribution in [0.15, 0.2) is 41.3 Å². The van der Waals surface area contributed by atoms with E-state index in [0.717, 1.165) is 24.8 Å². The third-order valence-electron chi connectivity index (χ3n) is 6.50. The van der Waals surface area contributed by atoms with Gasteiger partial charge in [0.15, 0.2) is 0 Å². The highest BCUT2D eigenvalue weighted by Crippen LogP contribution is 2.40. The van der Waals surface area contributed by atoms with Crippen LogP contribution in [0.2, 0.25) is 0 Å². The molecule has 8 heteroatoms. The number of rotatable bonds is 7. The first kappa shape index (κ1) is 23.6. The standard InChI is InChI=1S/C25H31NO6S/c1-4-18-5-7-23-21(13-18)17(2)15-26(23)33(28,29)20-6-8-24(22(14-20)25(27)30-3)32-16-19-9-11-31-12-10-19/h5-8,13-14,17,19H,4,9-12,15-16H2,1-3H3. The number of fused-ring (bicyclic) bond motifs is 1. The minimum absolute atomic E-state index is 0.0425. The first-order chi connectivity index (χ1) is 15.8. The lowest BCUT2D eigenvalue weighted by Crippen LogP contribution is -2.30. The fraction of sp³-hybridized carbons (Fsp3) is 0.480. The number of methoxy groups -OCH3 is 1. The molecule has 0 spiro atoms. The van der Waals surface area contributed by atoms with E-state index < -0.39 is 16.0 Å². The number of hydrogen-bond acceptors (Lipinski definition) is 6. The van der Waals surface area contributed by atoms with Crippen molar-refractivity contribution in [3.8, 4) is 5.75 Å². The second-order valence-corrected chi connectivity index (χ2v) is 10.6. The number of nitrogens with zero attached hydrogens (tertiary/aromatic N) is 1. The molecule has 2 aliphatic rings. The van der Waals surface area contributed by atoms with Gasteiger partial charge in [-0.3, -0.25) is 4.31 Å². The normalized spacial score (nSPS) is 18.8. The molecule has 0 bridgehead atoms. The number of esters is 1. The van der Waals surface area contributed by atoms with Crippen molar-refractivity contribution >= 4 is 21.7 Å². The predicted octanol–water partition coefficient (Wildman–Crippen LogP) is 4.15. The van der Waals surface area contributed by atoms with Crippen molar-refractivity contribution in [3.05, 3.63) is 53.1 Å². The van der Waals surface area contributed by atoms with Crippen LogP contribution in [0.1, 0.15) is 54.1 Å². The Labute approximate surface area is 195 Å². The van der Waals surface area contributed by atoms with Crippen LogP contribution >= 0.6 is 0 Å². The summed E-state index contributed by atoms with van der Waals surface area (Å²) in [5.41, 5.74) is 3.01. The Morgan fingerprint density at radius 1 is 1.15 bits per heavy atom. The van der Waals surface area contributed by atoms with Crippen molar-refractivity contribution in [1.82, 2.24) is 0 Å². The summed E-state index contributed by atoms with van der Waals surface area (Å²) in [6.07, 6.45) is 2.68. The van der Waals surface area contributed by atoms with Crippen LogP contribution in [-0.4, -0.2) is 47.9 Å². The lowest BCUT2D eigenvalue weighted by molar-refractivity contribution is 0.0483. The summed E-state index contributed by atoms with van der Waals surface area (Å²) in [6.45, 7) is 6.31. The molecule has 1 atom stereocenters. The van der Waals surface area contributed by atoms with E-state index in [2.05, 4.69) is 13.0 Å². The van der Waals surface area contributed by atoms with E-state index in [1.54, 1.807) is 6.07 Å². The zero-order chi connectivity index (χ0) is 23.6. The summed E-state index contributed by atoms with van der Waals surface area (Å²) in [4.78, 5) is 12.5. The Balaban J connectivity index is 1.64. The Bertz CT molecular complexity index is 1120. The van der Waals surface area contributed by atoms with Crippen LogP contribution in [0.5, 0.6) is 5.75 Å². The highest BCUT2D eigenvalue weighted by molar-refractivity contribution is 7.92. The monoisotopic (exact) mass is 473 g/mol. The molecule has 0 saturated carbocycles. The molecule has 2 aromatic rings. The van der Waals surface area contributed by atoms with E-state index in [4.69, 9.17) is 14.2 Å². The van der Waals surface area contributed by atoms with Crippen molar-refractivity contribution in [2.75, 3.05) is 37.8 Å². The van der Waals surface area contributed by atoms with E-state index in [-0.39, 0.29) is 16.4 Å². The van der Waals surface area contributed by atoms with Gasteiger partial charge in [0.1, 0.15) is 11.3 Å². The average molecular weight is 474 g/mol.